The maximum Gasteiger partial charge on any atom is 0.0794 e. The van der Waals surface area contributed by atoms with Crippen LogP contribution in [0.1, 0.15) is 11.3 Å². The van der Waals surface area contributed by atoms with Crippen LogP contribution in [-0.4, -0.2) is 31.3 Å². The molecule has 1 aromatic heterocycles. The van der Waals surface area contributed by atoms with Crippen molar-refractivity contribution in [1.29, 1.82) is 0 Å². The van der Waals surface area contributed by atoms with Crippen molar-refractivity contribution in [1.82, 2.24) is 10.3 Å². The maximum absolute atomic E-state index is 5.41. The van der Waals surface area contributed by atoms with E-state index in [9.17, 15) is 0 Å². The first-order chi connectivity index (χ1) is 6.90. The number of ether oxygens (including phenoxy) is 1. The largest absolute Gasteiger partial charge is 0.381 e. The Morgan fingerprint density at radius 3 is 3.29 bits per heavy atom. The van der Waals surface area contributed by atoms with Crippen LogP contribution >= 0.6 is 11.3 Å². The molecule has 0 bridgehead atoms. The van der Waals surface area contributed by atoms with E-state index in [-0.39, 0.29) is 0 Å². The lowest BCUT2D eigenvalue weighted by Crippen LogP contribution is -2.35. The predicted molar refractivity (Wildman–Crippen MR) is 57.6 cm³/mol. The molecule has 3 nitrogen and oxygen atoms in total. The fraction of sp³-hybridized carbons (Fsp3) is 0.700. The summed E-state index contributed by atoms with van der Waals surface area (Å²) in [7, 11) is 2.03. The molecule has 0 spiro atoms. The van der Waals surface area contributed by atoms with Crippen molar-refractivity contribution in [3.05, 3.63) is 16.6 Å². The minimum Gasteiger partial charge on any atom is -0.381 e. The summed E-state index contributed by atoms with van der Waals surface area (Å²) >= 11 is 1.73. The lowest BCUT2D eigenvalue weighted by Gasteiger charge is -2.20. The topological polar surface area (TPSA) is 34.2 Å². The lowest BCUT2D eigenvalue weighted by molar-refractivity contribution is 0.177. The smallest absolute Gasteiger partial charge is 0.0794 e. The highest BCUT2D eigenvalue weighted by Crippen LogP contribution is 2.20. The minimum atomic E-state index is 0.540. The third-order valence-corrected chi connectivity index (χ3v) is 3.61. The van der Waals surface area contributed by atoms with E-state index in [4.69, 9.17) is 4.74 Å². The summed E-state index contributed by atoms with van der Waals surface area (Å²) < 4.78 is 5.41. The summed E-state index contributed by atoms with van der Waals surface area (Å²) in [6, 6.07) is 0.540. The van der Waals surface area contributed by atoms with Crippen molar-refractivity contribution < 1.29 is 4.74 Å². The molecule has 1 N–H and O–H groups in total. The summed E-state index contributed by atoms with van der Waals surface area (Å²) in [5.41, 5.74) is 1.90. The Balaban J connectivity index is 1.92. The highest BCUT2D eigenvalue weighted by atomic mass is 32.1. The number of nitrogens with one attached hydrogen (secondary N) is 1. The first-order valence-electron chi connectivity index (χ1n) is 5.02. The van der Waals surface area contributed by atoms with E-state index < -0.39 is 0 Å². The van der Waals surface area contributed by atoms with Gasteiger partial charge < -0.3 is 10.1 Å². The Bertz CT molecular complexity index is 257. The van der Waals surface area contributed by atoms with Gasteiger partial charge >= 0.3 is 0 Å². The number of rotatable bonds is 4. The number of hydrogen-bond donors (Lipinski definition) is 1. The molecule has 1 aromatic rings. The molecule has 4 heteroatoms. The summed E-state index contributed by atoms with van der Waals surface area (Å²) in [6.45, 7) is 1.83. The van der Waals surface area contributed by atoms with Gasteiger partial charge in [0.05, 0.1) is 12.1 Å². The van der Waals surface area contributed by atoms with E-state index in [1.807, 2.05) is 18.8 Å². The fourth-order valence-corrected chi connectivity index (χ4v) is 2.59. The Kier molecular flexibility index (Phi) is 3.50. The predicted octanol–water partition coefficient (Wildman–Crippen LogP) is 1.31. The van der Waals surface area contributed by atoms with Gasteiger partial charge in [0.15, 0.2) is 0 Å². The molecular formula is C10H16N2OS. The number of aromatic nitrogens is 1. The van der Waals surface area contributed by atoms with E-state index in [1.165, 1.54) is 11.3 Å². The third kappa shape index (κ3) is 2.32. The van der Waals surface area contributed by atoms with Crippen LogP contribution in [-0.2, 0) is 11.2 Å². The van der Waals surface area contributed by atoms with Gasteiger partial charge in [0, 0.05) is 29.6 Å². The van der Waals surface area contributed by atoms with E-state index in [2.05, 4.69) is 10.3 Å². The van der Waals surface area contributed by atoms with Crippen LogP contribution < -0.4 is 5.32 Å². The molecule has 1 aliphatic rings. The zero-order chi connectivity index (χ0) is 9.80. The molecule has 2 unspecified atom stereocenters. The molecule has 2 rings (SSSR count). The second-order valence-electron chi connectivity index (χ2n) is 3.69. The Morgan fingerprint density at radius 2 is 2.71 bits per heavy atom. The molecule has 78 valence electrons. The lowest BCUT2D eigenvalue weighted by atomic mass is 9.96. The van der Waals surface area contributed by atoms with Crippen molar-refractivity contribution in [3.8, 4) is 0 Å². The van der Waals surface area contributed by atoms with Gasteiger partial charge in [-0.2, -0.15) is 0 Å². The number of thiazole rings is 1. The van der Waals surface area contributed by atoms with Crippen LogP contribution in [0.25, 0.3) is 0 Å². The van der Waals surface area contributed by atoms with Crippen LogP contribution in [0.5, 0.6) is 0 Å². The highest BCUT2D eigenvalue weighted by Gasteiger charge is 2.24. The van der Waals surface area contributed by atoms with Crippen LogP contribution in [0.4, 0.5) is 0 Å². The molecule has 0 aliphatic carbocycles. The molecule has 1 aliphatic heterocycles. The van der Waals surface area contributed by atoms with Crippen molar-refractivity contribution in [3.63, 3.8) is 0 Å². The summed E-state index contributed by atoms with van der Waals surface area (Å²) in [5.74, 6) is 0.669. The molecule has 2 atom stereocenters. The zero-order valence-corrected chi connectivity index (χ0v) is 9.22. The van der Waals surface area contributed by atoms with Crippen molar-refractivity contribution >= 4 is 11.3 Å². The Labute approximate surface area is 88.5 Å². The number of nitrogens with zero attached hydrogens (tertiary/aromatic N) is 1. The Hall–Kier alpha value is -0.450. The number of hydrogen-bond acceptors (Lipinski definition) is 4. The van der Waals surface area contributed by atoms with Gasteiger partial charge in [-0.3, -0.25) is 4.98 Å². The normalized spacial score (nSPS) is 23.9. The van der Waals surface area contributed by atoms with Crippen LogP contribution in [0, 0.1) is 5.92 Å². The zero-order valence-electron chi connectivity index (χ0n) is 8.40. The summed E-state index contributed by atoms with van der Waals surface area (Å²) in [6.07, 6.45) is 4.23. The van der Waals surface area contributed by atoms with E-state index >= 15 is 0 Å². The molecule has 0 radical (unpaired) electrons. The third-order valence-electron chi connectivity index (χ3n) is 2.81. The van der Waals surface area contributed by atoms with Crippen LogP contribution in [0.2, 0.25) is 0 Å². The second-order valence-corrected chi connectivity index (χ2v) is 4.66. The van der Waals surface area contributed by atoms with Gasteiger partial charge in [-0.15, -0.1) is 11.3 Å². The molecular weight excluding hydrogens is 196 g/mol. The van der Waals surface area contributed by atoms with Gasteiger partial charge in [0.1, 0.15) is 0 Å². The van der Waals surface area contributed by atoms with Crippen molar-refractivity contribution in [2.24, 2.45) is 5.92 Å². The monoisotopic (exact) mass is 212 g/mol. The van der Waals surface area contributed by atoms with Crippen LogP contribution in [0.15, 0.2) is 11.7 Å². The van der Waals surface area contributed by atoms with Crippen molar-refractivity contribution in [2.75, 3.05) is 20.3 Å². The standard InChI is InChI=1S/C10H16N2OS/c1-11-10(8-2-3-13-6-8)4-9-5-12-7-14-9/h5,7-8,10-11H,2-4,6H2,1H3. The maximum atomic E-state index is 5.41. The van der Waals surface area contributed by atoms with Gasteiger partial charge in [-0.05, 0) is 19.9 Å². The van der Waals surface area contributed by atoms with Crippen molar-refractivity contribution in [2.45, 2.75) is 18.9 Å². The van der Waals surface area contributed by atoms with Gasteiger partial charge in [0.2, 0.25) is 0 Å². The van der Waals surface area contributed by atoms with E-state index in [0.717, 1.165) is 19.6 Å². The average molecular weight is 212 g/mol. The second kappa shape index (κ2) is 4.87. The molecule has 2 heterocycles. The SMILES string of the molecule is CNC(Cc1cncs1)C1CCOC1. The molecule has 1 saturated heterocycles. The average Bonchev–Trinajstić information content (AvgIpc) is 2.86. The molecule has 0 saturated carbocycles. The van der Waals surface area contributed by atoms with Gasteiger partial charge in [-0.25, -0.2) is 0 Å². The first-order valence-corrected chi connectivity index (χ1v) is 5.90. The summed E-state index contributed by atoms with van der Waals surface area (Å²) in [5, 5.41) is 3.38. The Morgan fingerprint density at radius 1 is 1.79 bits per heavy atom. The van der Waals surface area contributed by atoms with E-state index in [1.54, 1.807) is 11.3 Å². The minimum absolute atomic E-state index is 0.540. The van der Waals surface area contributed by atoms with Gasteiger partial charge in [-0.1, -0.05) is 0 Å². The highest BCUT2D eigenvalue weighted by molar-refractivity contribution is 7.09. The summed E-state index contributed by atoms with van der Waals surface area (Å²) in [4.78, 5) is 5.45. The molecule has 1 fully saturated rings. The number of likely N-dealkylation sites (N-methyl/N-ethyl adjacent to an activating group) is 1. The van der Waals surface area contributed by atoms with Gasteiger partial charge in [0.25, 0.3) is 0 Å². The van der Waals surface area contributed by atoms with Crippen LogP contribution in [0.3, 0.4) is 0 Å². The molecule has 0 aromatic carbocycles. The molecule has 14 heavy (non-hydrogen) atoms. The quantitative estimate of drug-likeness (QED) is 0.817. The van der Waals surface area contributed by atoms with E-state index in [0.29, 0.717) is 12.0 Å². The molecule has 0 amide bonds. The first kappa shape index (κ1) is 10.1. The fourth-order valence-electron chi connectivity index (χ4n) is 1.93.